The molecule has 1 aliphatic heterocycles. The van der Waals surface area contributed by atoms with Crippen molar-refractivity contribution in [2.24, 2.45) is 5.41 Å². The van der Waals surface area contributed by atoms with E-state index in [0.717, 1.165) is 6.54 Å². The Hall–Kier alpha value is -0.120. The van der Waals surface area contributed by atoms with Crippen LogP contribution < -0.4 is 5.32 Å². The Kier molecular flexibility index (Phi) is 3.65. The lowest BCUT2D eigenvalue weighted by Crippen LogP contribution is -2.36. The van der Waals surface area contributed by atoms with Crippen molar-refractivity contribution in [1.29, 1.82) is 0 Å². The summed E-state index contributed by atoms with van der Waals surface area (Å²) in [6, 6.07) is 0.680. The average molecular weight is 212 g/mol. The zero-order valence-electron chi connectivity index (χ0n) is 9.84. The van der Waals surface area contributed by atoms with Crippen molar-refractivity contribution in [3.05, 3.63) is 0 Å². The van der Waals surface area contributed by atoms with Gasteiger partial charge >= 0.3 is 0 Å². The molecule has 0 aromatic carbocycles. The zero-order valence-corrected chi connectivity index (χ0v) is 9.84. The fraction of sp³-hybridized carbons (Fsp3) is 1.00. The van der Waals surface area contributed by atoms with Crippen molar-refractivity contribution < 1.29 is 5.11 Å². The van der Waals surface area contributed by atoms with Crippen LogP contribution in [0.4, 0.5) is 0 Å². The van der Waals surface area contributed by atoms with E-state index in [1.165, 1.54) is 45.2 Å². The van der Waals surface area contributed by atoms with E-state index in [1.807, 2.05) is 0 Å². The maximum absolute atomic E-state index is 9.24. The smallest absolute Gasteiger partial charge is 0.0499 e. The molecule has 0 bridgehead atoms. The molecule has 0 radical (unpaired) electrons. The molecule has 2 fully saturated rings. The van der Waals surface area contributed by atoms with E-state index >= 15 is 0 Å². The summed E-state index contributed by atoms with van der Waals surface area (Å²) in [4.78, 5) is 2.42. The monoisotopic (exact) mass is 212 g/mol. The molecule has 0 spiro atoms. The quantitative estimate of drug-likeness (QED) is 0.724. The van der Waals surface area contributed by atoms with Gasteiger partial charge in [-0.2, -0.15) is 0 Å². The Morgan fingerprint density at radius 1 is 1.33 bits per heavy atom. The number of hydrogen-bond acceptors (Lipinski definition) is 3. The van der Waals surface area contributed by atoms with E-state index in [0.29, 0.717) is 12.6 Å². The van der Waals surface area contributed by atoms with Crippen LogP contribution in [0.2, 0.25) is 0 Å². The number of rotatable bonds is 4. The molecule has 1 atom stereocenters. The van der Waals surface area contributed by atoms with E-state index in [1.54, 1.807) is 0 Å². The van der Waals surface area contributed by atoms with Crippen LogP contribution in [-0.2, 0) is 0 Å². The van der Waals surface area contributed by atoms with Gasteiger partial charge in [0.25, 0.3) is 0 Å². The number of nitrogens with one attached hydrogen (secondary N) is 1. The first-order valence-corrected chi connectivity index (χ1v) is 6.27. The Morgan fingerprint density at radius 3 is 2.80 bits per heavy atom. The predicted molar refractivity (Wildman–Crippen MR) is 61.9 cm³/mol. The van der Waals surface area contributed by atoms with Crippen LogP contribution in [0, 0.1) is 5.41 Å². The number of aliphatic hydroxyl groups excluding tert-OH is 1. The van der Waals surface area contributed by atoms with Crippen molar-refractivity contribution in [3.8, 4) is 0 Å². The van der Waals surface area contributed by atoms with E-state index in [4.69, 9.17) is 0 Å². The van der Waals surface area contributed by atoms with Crippen molar-refractivity contribution >= 4 is 0 Å². The Morgan fingerprint density at radius 2 is 2.13 bits per heavy atom. The van der Waals surface area contributed by atoms with Crippen LogP contribution in [0.15, 0.2) is 0 Å². The second-order valence-corrected chi connectivity index (χ2v) is 5.47. The Balaban J connectivity index is 1.70. The Labute approximate surface area is 92.8 Å². The number of aliphatic hydroxyl groups is 1. The molecule has 0 amide bonds. The summed E-state index contributed by atoms with van der Waals surface area (Å²) in [7, 11) is 2.21. The minimum absolute atomic E-state index is 0.262. The van der Waals surface area contributed by atoms with Crippen LogP contribution in [0.25, 0.3) is 0 Å². The van der Waals surface area contributed by atoms with Crippen LogP contribution in [0.5, 0.6) is 0 Å². The SMILES string of the molecule is CN1CCCC(NCC2(CO)CC2)CC1. The molecule has 15 heavy (non-hydrogen) atoms. The summed E-state index contributed by atoms with van der Waals surface area (Å²) in [6.07, 6.45) is 6.29. The number of nitrogens with zero attached hydrogens (tertiary/aromatic N) is 1. The molecule has 1 saturated carbocycles. The Bertz CT molecular complexity index is 204. The molecule has 0 aromatic rings. The first-order chi connectivity index (χ1) is 7.24. The molecular formula is C12H24N2O. The van der Waals surface area contributed by atoms with Crippen LogP contribution in [-0.4, -0.2) is 49.3 Å². The maximum Gasteiger partial charge on any atom is 0.0499 e. The van der Waals surface area contributed by atoms with Gasteiger partial charge in [0.2, 0.25) is 0 Å². The average Bonchev–Trinajstić information content (AvgIpc) is 3.02. The molecule has 88 valence electrons. The fourth-order valence-electron chi connectivity index (χ4n) is 2.37. The largest absolute Gasteiger partial charge is 0.396 e. The third kappa shape index (κ3) is 3.16. The highest BCUT2D eigenvalue weighted by Gasteiger charge is 2.41. The highest BCUT2D eigenvalue weighted by atomic mass is 16.3. The summed E-state index contributed by atoms with van der Waals surface area (Å²) in [6.45, 7) is 3.84. The van der Waals surface area contributed by atoms with Gasteiger partial charge in [0.1, 0.15) is 0 Å². The van der Waals surface area contributed by atoms with Crippen molar-refractivity contribution in [3.63, 3.8) is 0 Å². The second-order valence-electron chi connectivity index (χ2n) is 5.47. The van der Waals surface area contributed by atoms with Crippen LogP contribution in [0.1, 0.15) is 32.1 Å². The molecule has 1 saturated heterocycles. The standard InChI is InChI=1S/C12H24N2O/c1-14-7-2-3-11(4-8-14)13-9-12(10-15)5-6-12/h11,13,15H,2-10H2,1H3. The number of likely N-dealkylation sites (tertiary alicyclic amines) is 1. The summed E-state index contributed by atoms with van der Waals surface area (Å²) in [5, 5.41) is 12.9. The van der Waals surface area contributed by atoms with Crippen LogP contribution in [0.3, 0.4) is 0 Å². The molecule has 0 aromatic heterocycles. The highest BCUT2D eigenvalue weighted by molar-refractivity contribution is 4.95. The van der Waals surface area contributed by atoms with E-state index in [2.05, 4.69) is 17.3 Å². The minimum atomic E-state index is 0.262. The summed E-state index contributed by atoms with van der Waals surface area (Å²) >= 11 is 0. The first kappa shape index (κ1) is 11.4. The van der Waals surface area contributed by atoms with Gasteiger partial charge in [-0.15, -0.1) is 0 Å². The number of hydrogen-bond donors (Lipinski definition) is 2. The lowest BCUT2D eigenvalue weighted by molar-refractivity contribution is 0.202. The molecule has 3 heteroatoms. The van der Waals surface area contributed by atoms with Gasteiger partial charge in [0.05, 0.1) is 0 Å². The zero-order chi connectivity index (χ0) is 10.7. The topological polar surface area (TPSA) is 35.5 Å². The maximum atomic E-state index is 9.24. The summed E-state index contributed by atoms with van der Waals surface area (Å²) in [5.74, 6) is 0. The third-order valence-corrected chi connectivity index (χ3v) is 4.01. The molecule has 1 aliphatic carbocycles. The summed E-state index contributed by atoms with van der Waals surface area (Å²) in [5.41, 5.74) is 0.262. The first-order valence-electron chi connectivity index (χ1n) is 6.27. The van der Waals surface area contributed by atoms with Gasteiger partial charge < -0.3 is 15.3 Å². The van der Waals surface area contributed by atoms with E-state index < -0.39 is 0 Å². The van der Waals surface area contributed by atoms with Crippen molar-refractivity contribution in [1.82, 2.24) is 10.2 Å². The predicted octanol–water partition coefficient (Wildman–Crippen LogP) is 0.833. The van der Waals surface area contributed by atoms with Crippen molar-refractivity contribution in [2.45, 2.75) is 38.1 Å². The molecule has 1 unspecified atom stereocenters. The molecule has 1 heterocycles. The van der Waals surface area contributed by atoms with E-state index in [9.17, 15) is 5.11 Å². The van der Waals surface area contributed by atoms with E-state index in [-0.39, 0.29) is 5.41 Å². The minimum Gasteiger partial charge on any atom is -0.396 e. The van der Waals surface area contributed by atoms with Gasteiger partial charge in [-0.25, -0.2) is 0 Å². The summed E-state index contributed by atoms with van der Waals surface area (Å²) < 4.78 is 0. The van der Waals surface area contributed by atoms with Crippen LogP contribution >= 0.6 is 0 Å². The molecule has 2 aliphatic rings. The molecule has 3 nitrogen and oxygen atoms in total. The third-order valence-electron chi connectivity index (χ3n) is 4.01. The molecule has 2 rings (SSSR count). The molecule has 2 N–H and O–H groups in total. The van der Waals surface area contributed by atoms with Crippen molar-refractivity contribution in [2.75, 3.05) is 33.3 Å². The van der Waals surface area contributed by atoms with Gasteiger partial charge in [-0.1, -0.05) is 0 Å². The van der Waals surface area contributed by atoms with Gasteiger partial charge in [-0.3, -0.25) is 0 Å². The normalized spacial score (nSPS) is 31.2. The second kappa shape index (κ2) is 4.81. The van der Waals surface area contributed by atoms with Gasteiger partial charge in [0, 0.05) is 24.6 Å². The lowest BCUT2D eigenvalue weighted by Gasteiger charge is -2.20. The molecular weight excluding hydrogens is 188 g/mol. The fourth-order valence-corrected chi connectivity index (χ4v) is 2.37. The highest BCUT2D eigenvalue weighted by Crippen LogP contribution is 2.44. The van der Waals surface area contributed by atoms with Gasteiger partial charge in [0.15, 0.2) is 0 Å². The van der Waals surface area contributed by atoms with Gasteiger partial charge in [-0.05, 0) is 52.2 Å². The lowest BCUT2D eigenvalue weighted by atomic mass is 10.1.